The maximum absolute atomic E-state index is 12.8. The van der Waals surface area contributed by atoms with Gasteiger partial charge >= 0.3 is 19.8 Å². The van der Waals surface area contributed by atoms with Crippen LogP contribution in [0, 0.1) is 0 Å². The third-order valence-electron chi connectivity index (χ3n) is 12.3. The number of phosphoric ester groups is 1. The first kappa shape index (κ1) is 66.0. The summed E-state index contributed by atoms with van der Waals surface area (Å²) in [7, 11) is 1.47. The molecule has 0 spiro atoms. The second-order valence-electron chi connectivity index (χ2n) is 20.3. The van der Waals surface area contributed by atoms with Crippen LogP contribution in [0.3, 0.4) is 0 Å². The lowest BCUT2D eigenvalue weighted by atomic mass is 10.0. The molecular weight excluding hydrogens is 870 g/mol. The van der Waals surface area contributed by atoms with Crippen LogP contribution in [-0.2, 0) is 32.7 Å². The molecule has 0 radical (unpaired) electrons. The Morgan fingerprint density at radius 3 is 1.26 bits per heavy atom. The molecule has 0 saturated carbocycles. The summed E-state index contributed by atoms with van der Waals surface area (Å²) in [5.41, 5.74) is 0. The van der Waals surface area contributed by atoms with E-state index in [1.165, 1.54) is 161 Å². The van der Waals surface area contributed by atoms with Crippen LogP contribution in [0.25, 0.3) is 0 Å². The standard InChI is InChI=1S/C58H108NO8P/c1-6-8-10-12-14-16-18-20-22-24-25-26-27-28-29-30-31-32-33-35-36-38-40-42-44-46-48-50-57(60)64-54-56(55-66-68(62,63)65-53-52-59(3,4)5)67-58(61)51-49-47-45-43-41-39-37-34-23-21-19-17-15-13-11-9-7-2/h9,11,15,17,21,23-25,56H,6-8,10,12-14,16,18-20,22,26-55H2,1-5H3/p+1/b11-9-,17-15-,23-21-,25-24-. The number of nitrogens with zero attached hydrogens (tertiary/aromatic N) is 1. The Morgan fingerprint density at radius 1 is 0.471 bits per heavy atom. The summed E-state index contributed by atoms with van der Waals surface area (Å²) in [5.74, 6) is -0.801. The van der Waals surface area contributed by atoms with Crippen molar-refractivity contribution in [1.29, 1.82) is 0 Å². The van der Waals surface area contributed by atoms with E-state index in [0.29, 0.717) is 17.4 Å². The van der Waals surface area contributed by atoms with Crippen molar-refractivity contribution < 1.29 is 42.1 Å². The van der Waals surface area contributed by atoms with Crippen LogP contribution < -0.4 is 0 Å². The van der Waals surface area contributed by atoms with E-state index in [9.17, 15) is 19.0 Å². The van der Waals surface area contributed by atoms with Crippen molar-refractivity contribution in [2.24, 2.45) is 0 Å². The van der Waals surface area contributed by atoms with Gasteiger partial charge in [-0.1, -0.05) is 223 Å². The predicted octanol–water partition coefficient (Wildman–Crippen LogP) is 17.4. The summed E-state index contributed by atoms with van der Waals surface area (Å²) in [5, 5.41) is 0. The Kier molecular flexibility index (Phi) is 48.4. The number of phosphoric acid groups is 1. The van der Waals surface area contributed by atoms with Gasteiger partial charge in [0.1, 0.15) is 19.8 Å². The SMILES string of the molecule is CC/C=C\C/C=C\C/C=C\CCCCCCCCCC(=O)OC(COC(=O)CCCCCCCCCCCCCCCCC/C=C\CCCCCCCCCC)COP(=O)(O)OCC[N+](C)(C)C. The zero-order valence-corrected chi connectivity index (χ0v) is 46.0. The lowest BCUT2D eigenvalue weighted by Gasteiger charge is -2.24. The number of unbranched alkanes of at least 4 members (excludes halogenated alkanes) is 30. The molecule has 0 amide bonds. The van der Waals surface area contributed by atoms with Gasteiger partial charge < -0.3 is 18.9 Å². The third-order valence-corrected chi connectivity index (χ3v) is 13.3. The highest BCUT2D eigenvalue weighted by Gasteiger charge is 2.27. The largest absolute Gasteiger partial charge is 0.472 e. The second kappa shape index (κ2) is 49.9. The van der Waals surface area contributed by atoms with Crippen molar-refractivity contribution in [2.75, 3.05) is 47.5 Å². The van der Waals surface area contributed by atoms with Crippen LogP contribution in [0.2, 0.25) is 0 Å². The summed E-state index contributed by atoms with van der Waals surface area (Å²) in [6.45, 7) is 4.34. The highest BCUT2D eigenvalue weighted by molar-refractivity contribution is 7.47. The van der Waals surface area contributed by atoms with Gasteiger partial charge in [0.25, 0.3) is 0 Å². The molecule has 1 N–H and O–H groups in total. The number of hydrogen-bond acceptors (Lipinski definition) is 7. The number of ether oxygens (including phenoxy) is 2. The lowest BCUT2D eigenvalue weighted by Crippen LogP contribution is -2.37. The van der Waals surface area contributed by atoms with Gasteiger partial charge in [0.05, 0.1) is 27.7 Å². The van der Waals surface area contributed by atoms with Gasteiger partial charge in [-0.25, -0.2) is 4.57 Å². The first-order valence-corrected chi connectivity index (χ1v) is 29.9. The molecule has 0 aliphatic heterocycles. The molecule has 398 valence electrons. The molecule has 68 heavy (non-hydrogen) atoms. The highest BCUT2D eigenvalue weighted by Crippen LogP contribution is 2.43. The Balaban J connectivity index is 4.11. The third kappa shape index (κ3) is 53.3. The predicted molar refractivity (Wildman–Crippen MR) is 289 cm³/mol. The quantitative estimate of drug-likeness (QED) is 0.0211. The van der Waals surface area contributed by atoms with Crippen LogP contribution >= 0.6 is 7.82 Å². The lowest BCUT2D eigenvalue weighted by molar-refractivity contribution is -0.870. The number of rotatable bonds is 52. The normalized spacial score (nSPS) is 13.7. The monoisotopic (exact) mass is 979 g/mol. The zero-order chi connectivity index (χ0) is 49.9. The number of allylic oxidation sites excluding steroid dienone is 8. The van der Waals surface area contributed by atoms with Gasteiger partial charge in [-0.05, 0) is 70.6 Å². The Hall–Kier alpha value is -2.03. The van der Waals surface area contributed by atoms with E-state index in [1.807, 2.05) is 21.1 Å². The van der Waals surface area contributed by atoms with E-state index in [2.05, 4.69) is 62.5 Å². The van der Waals surface area contributed by atoms with E-state index < -0.39 is 26.5 Å². The fourth-order valence-corrected chi connectivity index (χ4v) is 8.71. The number of hydrogen-bond donors (Lipinski definition) is 1. The number of likely N-dealkylation sites (N-methyl/N-ethyl adjacent to an activating group) is 1. The highest BCUT2D eigenvalue weighted by atomic mass is 31.2. The fraction of sp³-hybridized carbons (Fsp3) is 0.828. The smallest absolute Gasteiger partial charge is 0.462 e. The first-order valence-electron chi connectivity index (χ1n) is 28.4. The van der Waals surface area contributed by atoms with Gasteiger partial charge in [-0.3, -0.25) is 18.6 Å². The van der Waals surface area contributed by atoms with Gasteiger partial charge in [0.2, 0.25) is 0 Å². The van der Waals surface area contributed by atoms with Gasteiger partial charge in [0, 0.05) is 12.8 Å². The maximum Gasteiger partial charge on any atom is 0.472 e. The molecule has 0 saturated heterocycles. The van der Waals surface area contributed by atoms with Crippen molar-refractivity contribution in [2.45, 2.75) is 264 Å². The minimum Gasteiger partial charge on any atom is -0.462 e. The van der Waals surface area contributed by atoms with Gasteiger partial charge in [-0.2, -0.15) is 0 Å². The van der Waals surface area contributed by atoms with E-state index in [4.69, 9.17) is 18.5 Å². The van der Waals surface area contributed by atoms with Crippen molar-refractivity contribution in [3.05, 3.63) is 48.6 Å². The second-order valence-corrected chi connectivity index (χ2v) is 21.7. The Bertz CT molecular complexity index is 1290. The maximum atomic E-state index is 12.8. The van der Waals surface area contributed by atoms with Crippen LogP contribution in [0.5, 0.6) is 0 Å². The molecule has 2 unspecified atom stereocenters. The molecule has 0 aromatic heterocycles. The molecule has 9 nitrogen and oxygen atoms in total. The number of carbonyl (C=O) groups excluding carboxylic acids is 2. The van der Waals surface area contributed by atoms with Crippen LogP contribution in [0.1, 0.15) is 258 Å². The molecule has 0 aliphatic rings. The van der Waals surface area contributed by atoms with Crippen molar-refractivity contribution >= 4 is 19.8 Å². The van der Waals surface area contributed by atoms with Crippen LogP contribution in [0.4, 0.5) is 0 Å². The van der Waals surface area contributed by atoms with Crippen LogP contribution in [-0.4, -0.2) is 74.9 Å². The number of esters is 2. The molecule has 0 fully saturated rings. The van der Waals surface area contributed by atoms with E-state index in [0.717, 1.165) is 64.2 Å². The summed E-state index contributed by atoms with van der Waals surface area (Å²) < 4.78 is 34.5. The average molecular weight is 979 g/mol. The molecule has 0 aromatic carbocycles. The minimum absolute atomic E-state index is 0.0293. The molecule has 0 aliphatic carbocycles. The summed E-state index contributed by atoms with van der Waals surface area (Å²) in [4.78, 5) is 35.6. The van der Waals surface area contributed by atoms with Crippen LogP contribution in [0.15, 0.2) is 48.6 Å². The molecule has 0 bridgehead atoms. The summed E-state index contributed by atoms with van der Waals surface area (Å²) in [6.07, 6.45) is 61.8. The Morgan fingerprint density at radius 2 is 0.838 bits per heavy atom. The zero-order valence-electron chi connectivity index (χ0n) is 45.1. The number of quaternary nitrogens is 1. The molecule has 10 heteroatoms. The summed E-state index contributed by atoms with van der Waals surface area (Å²) in [6, 6.07) is 0. The Labute approximate surface area is 420 Å². The van der Waals surface area contributed by atoms with Crippen molar-refractivity contribution in [3.8, 4) is 0 Å². The van der Waals surface area contributed by atoms with Gasteiger partial charge in [0.15, 0.2) is 6.10 Å². The molecule has 0 rings (SSSR count). The molecule has 0 heterocycles. The summed E-state index contributed by atoms with van der Waals surface area (Å²) >= 11 is 0. The van der Waals surface area contributed by atoms with Gasteiger partial charge in [-0.15, -0.1) is 0 Å². The van der Waals surface area contributed by atoms with Crippen molar-refractivity contribution in [1.82, 2.24) is 0 Å². The van der Waals surface area contributed by atoms with E-state index in [-0.39, 0.29) is 32.0 Å². The van der Waals surface area contributed by atoms with E-state index >= 15 is 0 Å². The average Bonchev–Trinajstić information content (AvgIpc) is 3.30. The topological polar surface area (TPSA) is 108 Å². The fourth-order valence-electron chi connectivity index (χ4n) is 7.97. The minimum atomic E-state index is -4.39. The van der Waals surface area contributed by atoms with Crippen molar-refractivity contribution in [3.63, 3.8) is 0 Å². The first-order chi connectivity index (χ1) is 33.0. The molecular formula is C58H109NO8P+. The van der Waals surface area contributed by atoms with E-state index in [1.54, 1.807) is 0 Å². The molecule has 2 atom stereocenters. The molecule has 0 aromatic rings. The number of carbonyl (C=O) groups is 2.